The van der Waals surface area contributed by atoms with Gasteiger partial charge >= 0.3 is 6.03 Å². The van der Waals surface area contributed by atoms with Gasteiger partial charge in [0.25, 0.3) is 0 Å². The molecule has 2 heterocycles. The van der Waals surface area contributed by atoms with Gasteiger partial charge in [-0.05, 0) is 49.6 Å². The summed E-state index contributed by atoms with van der Waals surface area (Å²) in [6.07, 6.45) is 4.30. The highest BCUT2D eigenvalue weighted by Crippen LogP contribution is 2.26. The summed E-state index contributed by atoms with van der Waals surface area (Å²) in [6, 6.07) is 12.6. The zero-order chi connectivity index (χ0) is 21.8. The number of halogens is 1. The third-order valence-electron chi connectivity index (χ3n) is 5.52. The molecule has 2 aromatic carbocycles. The average molecular weight is 440 g/mol. The highest BCUT2D eigenvalue weighted by atomic mass is 35.5. The Morgan fingerprint density at radius 2 is 2.06 bits per heavy atom. The normalized spacial score (nSPS) is 13.3. The second-order valence-corrected chi connectivity index (χ2v) is 8.08. The van der Waals surface area contributed by atoms with E-state index in [1.807, 2.05) is 43.3 Å². The summed E-state index contributed by atoms with van der Waals surface area (Å²) in [5.74, 6) is 2.43. The maximum atomic E-state index is 13.3. The van der Waals surface area contributed by atoms with Gasteiger partial charge in [-0.2, -0.15) is 0 Å². The van der Waals surface area contributed by atoms with Crippen LogP contribution in [0.4, 0.5) is 16.2 Å². The van der Waals surface area contributed by atoms with Crippen LogP contribution in [0.25, 0.3) is 0 Å². The lowest BCUT2D eigenvalue weighted by Gasteiger charge is -2.24. The molecule has 0 unspecified atom stereocenters. The van der Waals surface area contributed by atoms with E-state index in [1.54, 1.807) is 18.1 Å². The number of urea groups is 1. The van der Waals surface area contributed by atoms with Crippen molar-refractivity contribution in [2.75, 3.05) is 17.3 Å². The molecule has 7 nitrogen and oxygen atoms in total. The molecule has 1 aromatic heterocycles. The van der Waals surface area contributed by atoms with Gasteiger partial charge in [0.1, 0.15) is 11.6 Å². The Morgan fingerprint density at radius 1 is 1.19 bits per heavy atom. The number of methoxy groups -OCH3 is 1. The van der Waals surface area contributed by atoms with Crippen molar-refractivity contribution in [1.82, 2.24) is 14.8 Å². The number of benzene rings is 2. The molecule has 0 bridgehead atoms. The number of carbonyl (C=O) groups excluding carboxylic acids is 1. The Labute approximate surface area is 187 Å². The molecule has 3 aromatic rings. The van der Waals surface area contributed by atoms with E-state index < -0.39 is 0 Å². The molecule has 8 heteroatoms. The number of nitrogens with one attached hydrogen (secondary N) is 1. The number of carbonyl (C=O) groups is 1. The first kappa shape index (κ1) is 21.2. The number of aryl methyl sites for hydroxylation is 2. The third-order valence-corrected chi connectivity index (χ3v) is 5.93. The minimum absolute atomic E-state index is 0.279. The number of nitrogens with zero attached hydrogens (tertiary/aromatic N) is 4. The molecule has 0 spiro atoms. The quantitative estimate of drug-likeness (QED) is 0.592. The molecule has 0 radical (unpaired) electrons. The monoisotopic (exact) mass is 439 g/mol. The van der Waals surface area contributed by atoms with Crippen LogP contribution in [0, 0.1) is 6.92 Å². The van der Waals surface area contributed by atoms with Crippen LogP contribution in [0.3, 0.4) is 0 Å². The van der Waals surface area contributed by atoms with Crippen LogP contribution in [0.1, 0.15) is 36.5 Å². The topological polar surface area (TPSA) is 72.3 Å². The van der Waals surface area contributed by atoms with Gasteiger partial charge in [-0.15, -0.1) is 10.2 Å². The number of hydrogen-bond acceptors (Lipinski definition) is 4. The molecular formula is C23H26ClN5O2. The zero-order valence-corrected chi connectivity index (χ0v) is 18.5. The largest absolute Gasteiger partial charge is 0.497 e. The Balaban J connectivity index is 1.65. The fraction of sp³-hybridized carbons (Fsp3) is 0.348. The summed E-state index contributed by atoms with van der Waals surface area (Å²) in [5, 5.41) is 12.3. The Bertz CT molecular complexity index is 1080. The van der Waals surface area contributed by atoms with Gasteiger partial charge in [0, 0.05) is 35.4 Å². The van der Waals surface area contributed by atoms with E-state index in [4.69, 9.17) is 16.3 Å². The Kier molecular flexibility index (Phi) is 6.42. The number of fused-ring (bicyclic) bond motifs is 1. The molecule has 1 aliphatic heterocycles. The first-order chi connectivity index (χ1) is 15.0. The van der Waals surface area contributed by atoms with Gasteiger partial charge in [-0.1, -0.05) is 30.2 Å². The van der Waals surface area contributed by atoms with Crippen LogP contribution in [-0.2, 0) is 19.5 Å². The molecule has 1 N–H and O–H groups in total. The first-order valence-electron chi connectivity index (χ1n) is 10.4. The molecule has 1 aliphatic rings. The van der Waals surface area contributed by atoms with Crippen LogP contribution in [0.5, 0.6) is 5.75 Å². The summed E-state index contributed by atoms with van der Waals surface area (Å²) >= 11 is 6.37. The van der Waals surface area contributed by atoms with Crippen molar-refractivity contribution in [2.45, 2.75) is 45.7 Å². The minimum atomic E-state index is -0.279. The van der Waals surface area contributed by atoms with Crippen molar-refractivity contribution >= 4 is 29.0 Å². The molecule has 4 rings (SSSR count). The predicted molar refractivity (Wildman–Crippen MR) is 122 cm³/mol. The smallest absolute Gasteiger partial charge is 0.326 e. The Hall–Kier alpha value is -3.06. The molecule has 0 aliphatic carbocycles. The van der Waals surface area contributed by atoms with E-state index in [1.165, 1.54) is 6.42 Å². The number of amides is 2. The van der Waals surface area contributed by atoms with Crippen molar-refractivity contribution in [3.63, 3.8) is 0 Å². The highest BCUT2D eigenvalue weighted by molar-refractivity contribution is 6.31. The van der Waals surface area contributed by atoms with Crippen molar-refractivity contribution in [2.24, 2.45) is 0 Å². The fourth-order valence-corrected chi connectivity index (χ4v) is 3.90. The summed E-state index contributed by atoms with van der Waals surface area (Å²) in [4.78, 5) is 15.0. The summed E-state index contributed by atoms with van der Waals surface area (Å²) in [6.45, 7) is 3.10. The lowest BCUT2D eigenvalue weighted by molar-refractivity contribution is 0.256. The molecule has 31 heavy (non-hydrogen) atoms. The molecule has 0 fully saturated rings. The molecule has 0 saturated heterocycles. The standard InChI is InChI=1S/C23H26ClN5O2/c1-16-10-11-18(14-20(16)24)29(23(30)25-17-7-6-8-19(13-17)31-2)15-22-27-26-21-9-4-3-5-12-28(21)22/h6-8,10-11,13-14H,3-5,9,12,15H2,1-2H3,(H,25,30). The summed E-state index contributed by atoms with van der Waals surface area (Å²) in [7, 11) is 1.60. The maximum absolute atomic E-state index is 13.3. The van der Waals surface area contributed by atoms with Crippen molar-refractivity contribution in [3.05, 3.63) is 64.7 Å². The highest BCUT2D eigenvalue weighted by Gasteiger charge is 2.22. The molecule has 162 valence electrons. The van der Waals surface area contributed by atoms with Gasteiger partial charge in [-0.3, -0.25) is 4.90 Å². The summed E-state index contributed by atoms with van der Waals surface area (Å²) < 4.78 is 7.41. The van der Waals surface area contributed by atoms with Gasteiger partial charge in [-0.25, -0.2) is 4.79 Å². The lowest BCUT2D eigenvalue weighted by atomic mass is 10.2. The number of anilines is 2. The number of ether oxygens (including phenoxy) is 1. The second kappa shape index (κ2) is 9.39. The van der Waals surface area contributed by atoms with Crippen LogP contribution < -0.4 is 15.0 Å². The summed E-state index contributed by atoms with van der Waals surface area (Å²) in [5.41, 5.74) is 2.30. The average Bonchev–Trinajstić information content (AvgIpc) is 2.99. The van der Waals surface area contributed by atoms with Gasteiger partial charge < -0.3 is 14.6 Å². The maximum Gasteiger partial charge on any atom is 0.326 e. The first-order valence-corrected chi connectivity index (χ1v) is 10.8. The molecule has 2 amide bonds. The van der Waals surface area contributed by atoms with Crippen molar-refractivity contribution < 1.29 is 9.53 Å². The van der Waals surface area contributed by atoms with Gasteiger partial charge in [0.15, 0.2) is 5.82 Å². The van der Waals surface area contributed by atoms with Crippen LogP contribution in [0.15, 0.2) is 42.5 Å². The fourth-order valence-electron chi connectivity index (χ4n) is 3.73. The van der Waals surface area contributed by atoms with E-state index in [2.05, 4.69) is 20.1 Å². The van der Waals surface area contributed by atoms with Crippen LogP contribution in [0.2, 0.25) is 5.02 Å². The van der Waals surface area contributed by atoms with Crippen molar-refractivity contribution in [3.8, 4) is 5.75 Å². The predicted octanol–water partition coefficient (Wildman–Crippen LogP) is 5.21. The number of rotatable bonds is 5. The van der Waals surface area contributed by atoms with E-state index >= 15 is 0 Å². The van der Waals surface area contributed by atoms with Crippen molar-refractivity contribution in [1.29, 1.82) is 0 Å². The Morgan fingerprint density at radius 3 is 2.87 bits per heavy atom. The minimum Gasteiger partial charge on any atom is -0.497 e. The van der Waals surface area contributed by atoms with Gasteiger partial charge in [0.2, 0.25) is 0 Å². The third kappa shape index (κ3) is 4.82. The SMILES string of the molecule is COc1cccc(NC(=O)N(Cc2nnc3n2CCCCC3)c2ccc(C)c(Cl)c2)c1. The van der Waals surface area contributed by atoms with Crippen LogP contribution >= 0.6 is 11.6 Å². The van der Waals surface area contributed by atoms with E-state index in [0.29, 0.717) is 28.7 Å². The second-order valence-electron chi connectivity index (χ2n) is 7.68. The van der Waals surface area contributed by atoms with Gasteiger partial charge in [0.05, 0.1) is 13.7 Å². The zero-order valence-electron chi connectivity index (χ0n) is 17.8. The van der Waals surface area contributed by atoms with Crippen LogP contribution in [-0.4, -0.2) is 27.9 Å². The van der Waals surface area contributed by atoms with E-state index in [-0.39, 0.29) is 6.03 Å². The molecule has 0 saturated carbocycles. The molecular weight excluding hydrogens is 414 g/mol. The number of hydrogen-bond donors (Lipinski definition) is 1. The number of aromatic nitrogens is 3. The van der Waals surface area contributed by atoms with E-state index in [9.17, 15) is 4.79 Å². The van der Waals surface area contributed by atoms with E-state index in [0.717, 1.165) is 43.0 Å². The molecule has 0 atom stereocenters. The lowest BCUT2D eigenvalue weighted by Crippen LogP contribution is -2.35.